The van der Waals surface area contributed by atoms with Crippen LogP contribution in [0.25, 0.3) is 0 Å². The van der Waals surface area contributed by atoms with Crippen molar-refractivity contribution in [2.24, 2.45) is 0 Å². The Morgan fingerprint density at radius 3 is 2.16 bits per heavy atom. The van der Waals surface area contributed by atoms with Gasteiger partial charge in [-0.1, -0.05) is 0 Å². The quantitative estimate of drug-likeness (QED) is 0.714. The van der Waals surface area contributed by atoms with Gasteiger partial charge in [0.15, 0.2) is 17.9 Å². The summed E-state index contributed by atoms with van der Waals surface area (Å²) in [6.45, 7) is 7.38. The summed E-state index contributed by atoms with van der Waals surface area (Å²) < 4.78 is 29.2. The Morgan fingerprint density at radius 1 is 0.895 bits per heavy atom. The molecule has 0 aromatic rings. The van der Waals surface area contributed by atoms with E-state index in [9.17, 15) is 0 Å². The smallest absolute Gasteiger partial charge is 0.190 e. The third kappa shape index (κ3) is 2.26. The number of nitrogens with zero attached hydrogens (tertiary/aromatic N) is 1. The molecule has 3 heterocycles. The number of nitriles is 1. The van der Waals surface area contributed by atoms with Crippen molar-refractivity contribution in [2.45, 2.75) is 76.4 Å². The summed E-state index contributed by atoms with van der Waals surface area (Å²) in [5.74, 6) is -1.41. The zero-order valence-corrected chi connectivity index (χ0v) is 11.6. The van der Waals surface area contributed by atoms with E-state index in [0.717, 1.165) is 0 Å². The second-order valence-corrected chi connectivity index (χ2v) is 6.07. The van der Waals surface area contributed by atoms with Crippen molar-refractivity contribution in [2.75, 3.05) is 0 Å². The van der Waals surface area contributed by atoms with Crippen molar-refractivity contribution < 1.29 is 23.7 Å². The molecule has 3 rings (SSSR count). The van der Waals surface area contributed by atoms with Gasteiger partial charge in [-0.3, -0.25) is 0 Å². The van der Waals surface area contributed by atoms with Gasteiger partial charge in [0, 0.05) is 0 Å². The third-order valence-corrected chi connectivity index (χ3v) is 3.54. The van der Waals surface area contributed by atoms with E-state index in [1.165, 1.54) is 0 Å². The van der Waals surface area contributed by atoms with Crippen molar-refractivity contribution >= 4 is 0 Å². The normalized spacial score (nSPS) is 46.4. The maximum atomic E-state index is 8.91. The van der Waals surface area contributed by atoms with Crippen LogP contribution in [-0.4, -0.2) is 42.3 Å². The van der Waals surface area contributed by atoms with Crippen molar-refractivity contribution in [1.82, 2.24) is 0 Å². The molecule has 6 nitrogen and oxygen atoms in total. The van der Waals surface area contributed by atoms with Crippen LogP contribution in [0.4, 0.5) is 0 Å². The molecule has 0 aromatic heterocycles. The monoisotopic (exact) mass is 269 g/mol. The Labute approximate surface area is 112 Å². The van der Waals surface area contributed by atoms with E-state index in [2.05, 4.69) is 6.07 Å². The molecule has 0 radical (unpaired) electrons. The number of hydrogen-bond donors (Lipinski definition) is 0. The molecule has 3 saturated heterocycles. The summed E-state index contributed by atoms with van der Waals surface area (Å²) in [6, 6.07) is 2.12. The van der Waals surface area contributed by atoms with Crippen molar-refractivity contribution in [3.63, 3.8) is 0 Å². The van der Waals surface area contributed by atoms with Gasteiger partial charge >= 0.3 is 0 Å². The van der Waals surface area contributed by atoms with E-state index in [1.54, 1.807) is 0 Å². The van der Waals surface area contributed by atoms with E-state index in [0.29, 0.717) is 0 Å². The van der Waals surface area contributed by atoms with Gasteiger partial charge in [-0.25, -0.2) is 0 Å². The van der Waals surface area contributed by atoms with E-state index in [4.69, 9.17) is 28.9 Å². The van der Waals surface area contributed by atoms with Crippen LogP contribution in [0, 0.1) is 11.3 Å². The molecule has 3 aliphatic heterocycles. The highest BCUT2D eigenvalue weighted by Crippen LogP contribution is 2.44. The fourth-order valence-corrected chi connectivity index (χ4v) is 2.95. The van der Waals surface area contributed by atoms with Crippen molar-refractivity contribution in [3.05, 3.63) is 0 Å². The first-order valence-electron chi connectivity index (χ1n) is 6.55. The summed E-state index contributed by atoms with van der Waals surface area (Å²) in [5, 5.41) is 8.91. The summed E-state index contributed by atoms with van der Waals surface area (Å²) in [7, 11) is 0. The first-order valence-corrected chi connectivity index (χ1v) is 6.55. The van der Waals surface area contributed by atoms with Crippen LogP contribution in [-0.2, 0) is 23.7 Å². The minimum absolute atomic E-state index is 0.244. The zero-order chi connectivity index (χ0) is 13.8. The summed E-state index contributed by atoms with van der Waals surface area (Å²) in [4.78, 5) is 0. The van der Waals surface area contributed by atoms with Crippen LogP contribution in [0.2, 0.25) is 0 Å². The molecule has 5 atom stereocenters. The molecule has 0 amide bonds. The molecule has 0 N–H and O–H groups in total. The molecule has 3 fully saturated rings. The van der Waals surface area contributed by atoms with Crippen LogP contribution in [0.5, 0.6) is 0 Å². The van der Waals surface area contributed by atoms with Crippen molar-refractivity contribution in [1.29, 1.82) is 5.26 Å². The van der Waals surface area contributed by atoms with Crippen LogP contribution >= 0.6 is 0 Å². The van der Waals surface area contributed by atoms with Gasteiger partial charge in [-0.15, -0.1) is 0 Å². The predicted octanol–water partition coefficient (Wildman–Crippen LogP) is 1.30. The number of rotatable bonds is 1. The Bertz CT molecular complexity index is 416. The largest absolute Gasteiger partial charge is 0.343 e. The average molecular weight is 269 g/mol. The second kappa shape index (κ2) is 4.14. The van der Waals surface area contributed by atoms with Gasteiger partial charge in [-0.05, 0) is 27.7 Å². The van der Waals surface area contributed by atoms with E-state index in [1.807, 2.05) is 27.7 Å². The minimum atomic E-state index is -0.711. The van der Waals surface area contributed by atoms with Crippen molar-refractivity contribution in [3.8, 4) is 6.07 Å². The highest BCUT2D eigenvalue weighted by Gasteiger charge is 2.60. The molecule has 6 heteroatoms. The minimum Gasteiger partial charge on any atom is -0.343 e. The first-order chi connectivity index (χ1) is 8.81. The predicted molar refractivity (Wildman–Crippen MR) is 62.8 cm³/mol. The maximum Gasteiger partial charge on any atom is 0.190 e. The van der Waals surface area contributed by atoms with Crippen LogP contribution in [0.3, 0.4) is 0 Å². The lowest BCUT2D eigenvalue weighted by molar-refractivity contribution is -0.232. The lowest BCUT2D eigenvalue weighted by Crippen LogP contribution is -2.54. The lowest BCUT2D eigenvalue weighted by Gasteiger charge is -2.36. The first kappa shape index (κ1) is 13.3. The average Bonchev–Trinajstić information content (AvgIpc) is 2.74. The molecule has 0 spiro atoms. The highest BCUT2D eigenvalue weighted by molar-refractivity contribution is 5.01. The van der Waals surface area contributed by atoms with Crippen LogP contribution in [0.15, 0.2) is 0 Å². The highest BCUT2D eigenvalue weighted by atomic mass is 16.9. The molecule has 0 aromatic carbocycles. The molecule has 1 unspecified atom stereocenters. The Morgan fingerprint density at radius 2 is 1.47 bits per heavy atom. The standard InChI is InChI=1S/C13H19NO5/c1-12(2)16-8-7(5-6-14)15-11-10(9(8)17-12)18-13(3,4)19-11/h7-11H,5H2,1-4H3/t7?,8-,9-,10+,11+/m1/s1. The van der Waals surface area contributed by atoms with E-state index >= 15 is 0 Å². The molecular formula is C13H19NO5. The molecule has 3 aliphatic rings. The molecular weight excluding hydrogens is 250 g/mol. The number of fused-ring (bicyclic) bond motifs is 3. The third-order valence-electron chi connectivity index (χ3n) is 3.54. The van der Waals surface area contributed by atoms with Gasteiger partial charge < -0.3 is 23.7 Å². The number of hydrogen-bond acceptors (Lipinski definition) is 6. The topological polar surface area (TPSA) is 69.9 Å². The van der Waals surface area contributed by atoms with Gasteiger partial charge in [0.1, 0.15) is 24.4 Å². The summed E-state index contributed by atoms with van der Waals surface area (Å²) >= 11 is 0. The molecule has 0 bridgehead atoms. The zero-order valence-electron chi connectivity index (χ0n) is 11.6. The van der Waals surface area contributed by atoms with E-state index in [-0.39, 0.29) is 30.8 Å². The van der Waals surface area contributed by atoms with Gasteiger partial charge in [0.2, 0.25) is 0 Å². The van der Waals surface area contributed by atoms with Crippen LogP contribution < -0.4 is 0 Å². The molecule has 19 heavy (non-hydrogen) atoms. The van der Waals surface area contributed by atoms with Gasteiger partial charge in [0.25, 0.3) is 0 Å². The lowest BCUT2D eigenvalue weighted by atomic mass is 9.97. The Kier molecular flexibility index (Phi) is 2.89. The van der Waals surface area contributed by atoms with Crippen LogP contribution in [0.1, 0.15) is 34.1 Å². The summed E-state index contributed by atoms with van der Waals surface area (Å²) in [5.41, 5.74) is 0. The second-order valence-electron chi connectivity index (χ2n) is 6.07. The molecule has 106 valence electrons. The van der Waals surface area contributed by atoms with Gasteiger partial charge in [0.05, 0.1) is 12.5 Å². The fraction of sp³-hybridized carbons (Fsp3) is 0.923. The van der Waals surface area contributed by atoms with Gasteiger partial charge in [-0.2, -0.15) is 5.26 Å². The number of ether oxygens (including phenoxy) is 5. The SMILES string of the molecule is CC1(C)O[C@@H]2OC(CC#N)[C@H]3OC(C)(C)O[C@H]3[C@@H]2O1. The molecule has 0 saturated carbocycles. The van der Waals surface area contributed by atoms with E-state index < -0.39 is 17.9 Å². The Balaban J connectivity index is 1.87. The summed E-state index contributed by atoms with van der Waals surface area (Å²) in [6.07, 6.45) is -1.50. The maximum absolute atomic E-state index is 8.91. The Hall–Kier alpha value is -0.710. The molecule has 0 aliphatic carbocycles. The fourth-order valence-electron chi connectivity index (χ4n) is 2.95.